The lowest BCUT2D eigenvalue weighted by molar-refractivity contribution is -0.185. The lowest BCUT2D eigenvalue weighted by atomic mass is 10.2. The highest BCUT2D eigenvalue weighted by Crippen LogP contribution is 2.32. The standard InChI is InChI=1S/C13H21NO4S/c1-3-10-17-13(18-11-4-2,19(14,15)16)12-8-6-5-7-9-12/h5-9H,3-4,10-11H2,1-2H3,(H2,14,15,16). The van der Waals surface area contributed by atoms with Crippen molar-refractivity contribution < 1.29 is 17.9 Å². The van der Waals surface area contributed by atoms with E-state index in [1.54, 1.807) is 30.3 Å². The molecular formula is C13H21NO4S. The van der Waals surface area contributed by atoms with Crippen LogP contribution in [0.5, 0.6) is 0 Å². The van der Waals surface area contributed by atoms with Gasteiger partial charge in [0.05, 0.1) is 13.2 Å². The number of benzene rings is 1. The van der Waals surface area contributed by atoms with Gasteiger partial charge in [-0.25, -0.2) is 13.6 Å². The van der Waals surface area contributed by atoms with Crippen molar-refractivity contribution in [2.24, 2.45) is 5.14 Å². The first-order valence-corrected chi connectivity index (χ1v) is 7.88. The molecule has 0 bridgehead atoms. The second-order valence-electron chi connectivity index (χ2n) is 4.16. The van der Waals surface area contributed by atoms with Gasteiger partial charge in [0.1, 0.15) is 0 Å². The van der Waals surface area contributed by atoms with Crippen LogP contribution in [-0.2, 0) is 24.6 Å². The van der Waals surface area contributed by atoms with Crippen LogP contribution in [0.2, 0.25) is 0 Å². The third kappa shape index (κ3) is 3.76. The summed E-state index contributed by atoms with van der Waals surface area (Å²) in [7, 11) is -4.07. The molecule has 19 heavy (non-hydrogen) atoms. The fourth-order valence-corrected chi connectivity index (χ4v) is 2.61. The number of sulfonamides is 1. The lowest BCUT2D eigenvalue weighted by Gasteiger charge is -2.31. The van der Waals surface area contributed by atoms with Crippen LogP contribution in [0.3, 0.4) is 0 Å². The normalized spacial score (nSPS) is 12.6. The minimum absolute atomic E-state index is 0.245. The van der Waals surface area contributed by atoms with Gasteiger partial charge in [-0.05, 0) is 12.8 Å². The Bertz CT molecular complexity index is 465. The topological polar surface area (TPSA) is 78.6 Å². The predicted octanol–water partition coefficient (Wildman–Crippen LogP) is 1.94. The van der Waals surface area contributed by atoms with Gasteiger partial charge in [-0.15, -0.1) is 0 Å². The molecule has 0 saturated carbocycles. The maximum Gasteiger partial charge on any atom is 0.315 e. The zero-order chi connectivity index (χ0) is 14.4. The Balaban J connectivity index is 3.26. The second kappa shape index (κ2) is 7.00. The predicted molar refractivity (Wildman–Crippen MR) is 73.7 cm³/mol. The van der Waals surface area contributed by atoms with Gasteiger partial charge >= 0.3 is 5.12 Å². The molecule has 0 atom stereocenters. The Labute approximate surface area is 114 Å². The Hall–Kier alpha value is -0.950. The Morgan fingerprint density at radius 3 is 1.89 bits per heavy atom. The van der Waals surface area contributed by atoms with Crippen LogP contribution < -0.4 is 5.14 Å². The van der Waals surface area contributed by atoms with E-state index in [0.29, 0.717) is 18.4 Å². The highest BCUT2D eigenvalue weighted by atomic mass is 32.2. The molecule has 1 aromatic rings. The van der Waals surface area contributed by atoms with Gasteiger partial charge < -0.3 is 9.47 Å². The highest BCUT2D eigenvalue weighted by molar-refractivity contribution is 7.89. The van der Waals surface area contributed by atoms with Crippen LogP contribution in [0.4, 0.5) is 0 Å². The molecule has 108 valence electrons. The van der Waals surface area contributed by atoms with Crippen molar-refractivity contribution in [2.45, 2.75) is 31.8 Å². The molecule has 0 unspecified atom stereocenters. The number of nitrogens with two attached hydrogens (primary N) is 1. The van der Waals surface area contributed by atoms with E-state index in [1.807, 2.05) is 13.8 Å². The highest BCUT2D eigenvalue weighted by Gasteiger charge is 2.46. The van der Waals surface area contributed by atoms with E-state index in [0.717, 1.165) is 0 Å². The molecule has 0 aromatic heterocycles. The fraction of sp³-hybridized carbons (Fsp3) is 0.538. The smallest absolute Gasteiger partial charge is 0.315 e. The van der Waals surface area contributed by atoms with Gasteiger partial charge in [0.25, 0.3) is 10.0 Å². The molecule has 1 aromatic carbocycles. The fourth-order valence-electron chi connectivity index (χ4n) is 1.65. The number of hydrogen-bond donors (Lipinski definition) is 1. The monoisotopic (exact) mass is 287 g/mol. The van der Waals surface area contributed by atoms with Crippen molar-refractivity contribution in [1.82, 2.24) is 0 Å². The molecule has 0 saturated heterocycles. The first kappa shape index (κ1) is 16.1. The van der Waals surface area contributed by atoms with Crippen molar-refractivity contribution in [3.05, 3.63) is 35.9 Å². The molecular weight excluding hydrogens is 266 g/mol. The molecule has 5 nitrogen and oxygen atoms in total. The third-order valence-corrected chi connectivity index (χ3v) is 3.71. The molecule has 2 N–H and O–H groups in total. The molecule has 0 fully saturated rings. The van der Waals surface area contributed by atoms with E-state index >= 15 is 0 Å². The van der Waals surface area contributed by atoms with E-state index in [1.165, 1.54) is 0 Å². The quantitative estimate of drug-likeness (QED) is 0.741. The summed E-state index contributed by atoms with van der Waals surface area (Å²) in [5, 5.41) is 3.43. The van der Waals surface area contributed by atoms with Crippen LogP contribution in [-0.4, -0.2) is 21.6 Å². The van der Waals surface area contributed by atoms with Crippen LogP contribution in [0.1, 0.15) is 32.3 Å². The number of ether oxygens (including phenoxy) is 2. The summed E-state index contributed by atoms with van der Waals surface area (Å²) in [6, 6.07) is 8.50. The first-order valence-electron chi connectivity index (χ1n) is 6.33. The third-order valence-electron chi connectivity index (χ3n) is 2.49. The minimum atomic E-state index is -4.07. The minimum Gasteiger partial charge on any atom is -0.333 e. The molecule has 0 aliphatic heterocycles. The number of primary sulfonamides is 1. The van der Waals surface area contributed by atoms with Crippen molar-refractivity contribution in [2.75, 3.05) is 13.2 Å². The van der Waals surface area contributed by atoms with Crippen LogP contribution in [0.15, 0.2) is 30.3 Å². The molecule has 0 aliphatic carbocycles. The summed E-state index contributed by atoms with van der Waals surface area (Å²) in [6.45, 7) is 4.27. The van der Waals surface area contributed by atoms with Crippen LogP contribution in [0.25, 0.3) is 0 Å². The van der Waals surface area contributed by atoms with Crippen LogP contribution in [0, 0.1) is 0 Å². The largest absolute Gasteiger partial charge is 0.333 e. The molecule has 0 spiro atoms. The van der Waals surface area contributed by atoms with E-state index < -0.39 is 15.1 Å². The number of hydrogen-bond acceptors (Lipinski definition) is 4. The lowest BCUT2D eigenvalue weighted by Crippen LogP contribution is -2.46. The first-order chi connectivity index (χ1) is 8.98. The van der Waals surface area contributed by atoms with Gasteiger partial charge in [-0.2, -0.15) is 0 Å². The average molecular weight is 287 g/mol. The molecule has 0 aliphatic rings. The van der Waals surface area contributed by atoms with E-state index in [2.05, 4.69) is 0 Å². The van der Waals surface area contributed by atoms with Crippen LogP contribution >= 0.6 is 0 Å². The Morgan fingerprint density at radius 1 is 1.05 bits per heavy atom. The summed E-state index contributed by atoms with van der Waals surface area (Å²) >= 11 is 0. The molecule has 0 amide bonds. The van der Waals surface area contributed by atoms with Crippen molar-refractivity contribution >= 4 is 10.0 Å². The SMILES string of the molecule is CCCOC(OCCC)(c1ccccc1)S(N)(=O)=O. The molecule has 6 heteroatoms. The maximum atomic E-state index is 12.0. The van der Waals surface area contributed by atoms with Gasteiger partial charge in [0.15, 0.2) is 0 Å². The Morgan fingerprint density at radius 2 is 1.53 bits per heavy atom. The van der Waals surface area contributed by atoms with Crippen molar-refractivity contribution in [3.8, 4) is 0 Å². The van der Waals surface area contributed by atoms with Crippen molar-refractivity contribution in [1.29, 1.82) is 0 Å². The zero-order valence-corrected chi connectivity index (χ0v) is 12.2. The second-order valence-corrected chi connectivity index (χ2v) is 5.79. The molecule has 0 heterocycles. The average Bonchev–Trinajstić information content (AvgIpc) is 2.39. The van der Waals surface area contributed by atoms with Gasteiger partial charge in [-0.3, -0.25) is 0 Å². The number of rotatable bonds is 8. The summed E-state index contributed by atoms with van der Waals surface area (Å²) < 4.78 is 35.0. The summed E-state index contributed by atoms with van der Waals surface area (Å²) in [4.78, 5) is 0. The van der Waals surface area contributed by atoms with E-state index in [4.69, 9.17) is 14.6 Å². The van der Waals surface area contributed by atoms with Crippen molar-refractivity contribution in [3.63, 3.8) is 0 Å². The summed E-state index contributed by atoms with van der Waals surface area (Å²) in [6.07, 6.45) is 1.33. The summed E-state index contributed by atoms with van der Waals surface area (Å²) in [5.74, 6) is 0. The molecule has 1 rings (SSSR count). The van der Waals surface area contributed by atoms with E-state index in [9.17, 15) is 8.42 Å². The maximum absolute atomic E-state index is 12.0. The van der Waals surface area contributed by atoms with Gasteiger partial charge in [-0.1, -0.05) is 44.2 Å². The summed E-state index contributed by atoms with van der Waals surface area (Å²) in [5.41, 5.74) is 0.388. The van der Waals surface area contributed by atoms with Gasteiger partial charge in [0.2, 0.25) is 0 Å². The van der Waals surface area contributed by atoms with Gasteiger partial charge in [0, 0.05) is 5.56 Å². The zero-order valence-electron chi connectivity index (χ0n) is 11.3. The molecule has 0 radical (unpaired) electrons. The Kier molecular flexibility index (Phi) is 5.93. The van der Waals surface area contributed by atoms with E-state index in [-0.39, 0.29) is 13.2 Å².